The van der Waals surface area contributed by atoms with Crippen LogP contribution in [0.4, 0.5) is 4.39 Å². The van der Waals surface area contributed by atoms with Crippen LogP contribution in [-0.4, -0.2) is 10.1 Å². The number of rotatable bonds is 1. The van der Waals surface area contributed by atoms with E-state index in [2.05, 4.69) is 4.98 Å². The van der Waals surface area contributed by atoms with E-state index in [4.69, 9.17) is 5.11 Å². The average molecular weight is 211 g/mol. The van der Waals surface area contributed by atoms with Crippen molar-refractivity contribution in [2.24, 2.45) is 0 Å². The minimum absolute atomic E-state index is 0.331. The van der Waals surface area contributed by atoms with Gasteiger partial charge < -0.3 is 5.11 Å². The van der Waals surface area contributed by atoms with Gasteiger partial charge in [-0.1, -0.05) is 13.8 Å². The Morgan fingerprint density at radius 1 is 1.43 bits per heavy atom. The molecule has 0 aliphatic rings. The Morgan fingerprint density at radius 3 is 2.79 bits per heavy atom. The number of nitrogens with zero attached hydrogens (tertiary/aromatic N) is 1. The zero-order valence-electron chi connectivity index (χ0n) is 7.91. The van der Waals surface area contributed by atoms with Gasteiger partial charge in [-0.25, -0.2) is 9.37 Å². The van der Waals surface area contributed by atoms with Crippen molar-refractivity contribution in [2.75, 3.05) is 0 Å². The molecule has 0 saturated carbocycles. The number of thiazole rings is 1. The first kappa shape index (κ1) is 9.40. The first-order valence-electron chi connectivity index (χ1n) is 4.37. The lowest BCUT2D eigenvalue weighted by Crippen LogP contribution is -1.83. The van der Waals surface area contributed by atoms with Crippen molar-refractivity contribution < 1.29 is 9.50 Å². The molecule has 0 saturated heterocycles. The van der Waals surface area contributed by atoms with Crippen LogP contribution >= 0.6 is 11.3 Å². The molecule has 2 aromatic rings. The number of aromatic nitrogens is 1. The van der Waals surface area contributed by atoms with E-state index in [0.29, 0.717) is 11.4 Å². The Labute approximate surface area is 85.0 Å². The van der Waals surface area contributed by atoms with Gasteiger partial charge in [0, 0.05) is 12.0 Å². The van der Waals surface area contributed by atoms with Crippen LogP contribution in [0.3, 0.4) is 0 Å². The van der Waals surface area contributed by atoms with Gasteiger partial charge in [0.1, 0.15) is 0 Å². The second kappa shape index (κ2) is 3.20. The summed E-state index contributed by atoms with van der Waals surface area (Å²) in [5.41, 5.74) is 0.664. The summed E-state index contributed by atoms with van der Waals surface area (Å²) in [4.78, 5) is 4.31. The SMILES string of the molecule is CC(C)c1nc2cc(O)c(F)cc2s1. The van der Waals surface area contributed by atoms with Gasteiger partial charge in [-0.15, -0.1) is 11.3 Å². The van der Waals surface area contributed by atoms with Crippen LogP contribution in [0.1, 0.15) is 24.8 Å². The maximum Gasteiger partial charge on any atom is 0.166 e. The van der Waals surface area contributed by atoms with E-state index in [1.165, 1.54) is 23.5 Å². The molecule has 0 aliphatic heterocycles. The number of phenolic OH excluding ortho intramolecular Hbond substituents is 1. The molecule has 1 aromatic carbocycles. The lowest BCUT2D eigenvalue weighted by atomic mass is 10.2. The minimum atomic E-state index is -0.587. The van der Waals surface area contributed by atoms with Crippen LogP contribution in [0, 0.1) is 5.82 Å². The number of halogens is 1. The van der Waals surface area contributed by atoms with E-state index < -0.39 is 5.82 Å². The third kappa shape index (κ3) is 1.46. The second-order valence-electron chi connectivity index (χ2n) is 3.48. The fraction of sp³-hybridized carbons (Fsp3) is 0.300. The third-order valence-corrected chi connectivity index (χ3v) is 3.29. The summed E-state index contributed by atoms with van der Waals surface area (Å²) in [6.07, 6.45) is 0. The van der Waals surface area contributed by atoms with E-state index in [9.17, 15) is 4.39 Å². The van der Waals surface area contributed by atoms with E-state index in [-0.39, 0.29) is 5.75 Å². The molecule has 14 heavy (non-hydrogen) atoms. The fourth-order valence-corrected chi connectivity index (χ4v) is 2.18. The topological polar surface area (TPSA) is 33.1 Å². The van der Waals surface area contributed by atoms with E-state index in [1.807, 2.05) is 13.8 Å². The normalized spacial score (nSPS) is 11.4. The highest BCUT2D eigenvalue weighted by Crippen LogP contribution is 2.30. The number of phenols is 1. The molecule has 0 atom stereocenters. The number of hydrogen-bond acceptors (Lipinski definition) is 3. The predicted molar refractivity (Wildman–Crippen MR) is 55.3 cm³/mol. The smallest absolute Gasteiger partial charge is 0.166 e. The summed E-state index contributed by atoms with van der Waals surface area (Å²) in [5, 5.41) is 10.1. The van der Waals surface area contributed by atoms with Gasteiger partial charge in [0.25, 0.3) is 0 Å². The standard InChI is InChI=1S/C10H10FNOS/c1-5(2)10-12-7-4-8(13)6(11)3-9(7)14-10/h3-5,13H,1-2H3. The molecule has 0 radical (unpaired) electrons. The highest BCUT2D eigenvalue weighted by atomic mass is 32.1. The van der Waals surface area contributed by atoms with Gasteiger partial charge in [-0.05, 0) is 6.07 Å². The highest BCUT2D eigenvalue weighted by Gasteiger charge is 2.10. The first-order chi connectivity index (χ1) is 6.58. The highest BCUT2D eigenvalue weighted by molar-refractivity contribution is 7.18. The molecule has 0 fully saturated rings. The fourth-order valence-electron chi connectivity index (χ4n) is 1.20. The van der Waals surface area contributed by atoms with Crippen LogP contribution in [0.2, 0.25) is 0 Å². The van der Waals surface area contributed by atoms with E-state index in [0.717, 1.165) is 9.71 Å². The lowest BCUT2D eigenvalue weighted by molar-refractivity contribution is 0.433. The maximum atomic E-state index is 13.0. The Balaban J connectivity index is 2.66. The number of benzene rings is 1. The van der Waals surface area contributed by atoms with Crippen molar-refractivity contribution in [3.63, 3.8) is 0 Å². The zero-order chi connectivity index (χ0) is 10.3. The molecule has 2 rings (SSSR count). The van der Waals surface area contributed by atoms with Gasteiger partial charge in [0.2, 0.25) is 0 Å². The van der Waals surface area contributed by atoms with Crippen molar-refractivity contribution in [1.82, 2.24) is 4.98 Å². The molecule has 0 unspecified atom stereocenters. The summed E-state index contributed by atoms with van der Waals surface area (Å²) < 4.78 is 13.8. The average Bonchev–Trinajstić information content (AvgIpc) is 2.48. The molecule has 1 heterocycles. The Kier molecular flexibility index (Phi) is 2.15. The van der Waals surface area contributed by atoms with E-state index in [1.54, 1.807) is 0 Å². The van der Waals surface area contributed by atoms with Crippen LogP contribution < -0.4 is 0 Å². The molecule has 1 N–H and O–H groups in total. The molecule has 0 spiro atoms. The quantitative estimate of drug-likeness (QED) is 0.785. The predicted octanol–water partition coefficient (Wildman–Crippen LogP) is 3.26. The van der Waals surface area contributed by atoms with Gasteiger partial charge in [-0.3, -0.25) is 0 Å². The molecule has 1 aromatic heterocycles. The molecule has 74 valence electrons. The maximum absolute atomic E-state index is 13.0. The van der Waals surface area contributed by atoms with Gasteiger partial charge >= 0.3 is 0 Å². The summed E-state index contributed by atoms with van der Waals surface area (Å²) in [6, 6.07) is 2.70. The molecular weight excluding hydrogens is 201 g/mol. The van der Waals surface area contributed by atoms with Gasteiger partial charge in [0.15, 0.2) is 11.6 Å². The van der Waals surface area contributed by atoms with Crippen molar-refractivity contribution in [1.29, 1.82) is 0 Å². The van der Waals surface area contributed by atoms with Crippen LogP contribution in [-0.2, 0) is 0 Å². The van der Waals surface area contributed by atoms with Gasteiger partial charge in [0.05, 0.1) is 15.2 Å². The van der Waals surface area contributed by atoms with Gasteiger partial charge in [-0.2, -0.15) is 0 Å². The van der Waals surface area contributed by atoms with Crippen molar-refractivity contribution in [3.05, 3.63) is 23.0 Å². The number of fused-ring (bicyclic) bond motifs is 1. The molecule has 0 amide bonds. The molecule has 0 bridgehead atoms. The third-order valence-electron chi connectivity index (χ3n) is 1.97. The monoisotopic (exact) mass is 211 g/mol. The summed E-state index contributed by atoms with van der Waals surface area (Å²) in [7, 11) is 0. The summed E-state index contributed by atoms with van der Waals surface area (Å²) in [6.45, 7) is 4.07. The summed E-state index contributed by atoms with van der Waals surface area (Å²) >= 11 is 1.47. The Hall–Kier alpha value is -1.16. The van der Waals surface area contributed by atoms with Crippen molar-refractivity contribution in [3.8, 4) is 5.75 Å². The minimum Gasteiger partial charge on any atom is -0.505 e. The van der Waals surface area contributed by atoms with Crippen LogP contribution in [0.15, 0.2) is 12.1 Å². The molecule has 4 heteroatoms. The largest absolute Gasteiger partial charge is 0.505 e. The number of aromatic hydroxyl groups is 1. The number of hydrogen-bond donors (Lipinski definition) is 1. The Bertz CT molecular complexity index is 439. The lowest BCUT2D eigenvalue weighted by Gasteiger charge is -1.94. The summed E-state index contributed by atoms with van der Waals surface area (Å²) in [5.74, 6) is -0.591. The first-order valence-corrected chi connectivity index (χ1v) is 5.18. The van der Waals surface area contributed by atoms with Crippen LogP contribution in [0.5, 0.6) is 5.75 Å². The molecular formula is C10H10FNOS. The van der Waals surface area contributed by atoms with Crippen molar-refractivity contribution >= 4 is 21.6 Å². The Morgan fingerprint density at radius 2 is 2.14 bits per heavy atom. The van der Waals surface area contributed by atoms with Crippen LogP contribution in [0.25, 0.3) is 10.2 Å². The second-order valence-corrected chi connectivity index (χ2v) is 4.54. The van der Waals surface area contributed by atoms with E-state index >= 15 is 0 Å². The zero-order valence-corrected chi connectivity index (χ0v) is 8.73. The molecule has 2 nitrogen and oxygen atoms in total. The van der Waals surface area contributed by atoms with Crippen molar-refractivity contribution in [2.45, 2.75) is 19.8 Å². The molecule has 0 aliphatic carbocycles.